The van der Waals surface area contributed by atoms with Crippen molar-refractivity contribution in [1.29, 1.82) is 0 Å². The van der Waals surface area contributed by atoms with Crippen LogP contribution < -0.4 is 15.5 Å². The molecular formula is C17H20N6. The van der Waals surface area contributed by atoms with Crippen LogP contribution in [-0.4, -0.2) is 42.4 Å². The molecule has 2 N–H and O–H groups in total. The van der Waals surface area contributed by atoms with Crippen LogP contribution in [0.2, 0.25) is 0 Å². The van der Waals surface area contributed by atoms with Crippen LogP contribution in [0.15, 0.2) is 35.5 Å². The minimum Gasteiger partial charge on any atom is -0.340 e. The maximum atomic E-state index is 4.67. The Balaban J connectivity index is 1.53. The summed E-state index contributed by atoms with van der Waals surface area (Å²) in [4.78, 5) is 15.6. The van der Waals surface area contributed by atoms with Gasteiger partial charge in [0.05, 0.1) is 6.54 Å². The first-order valence-corrected chi connectivity index (χ1v) is 8.07. The Morgan fingerprint density at radius 2 is 2.13 bits per heavy atom. The van der Waals surface area contributed by atoms with Crippen LogP contribution in [0.1, 0.15) is 17.5 Å². The highest BCUT2D eigenvalue weighted by molar-refractivity contribution is 5.86. The smallest absolute Gasteiger partial charge is 0.227 e. The summed E-state index contributed by atoms with van der Waals surface area (Å²) in [6, 6.07) is 8.21. The van der Waals surface area contributed by atoms with Gasteiger partial charge in [-0.2, -0.15) is 4.98 Å². The number of nitrogens with one attached hydrogen (secondary N) is 2. The number of rotatable bonds is 3. The lowest BCUT2D eigenvalue weighted by Gasteiger charge is -2.20. The lowest BCUT2D eigenvalue weighted by atomic mass is 10.1. The molecule has 3 heterocycles. The highest BCUT2D eigenvalue weighted by atomic mass is 15.3. The number of benzene rings is 1. The Kier molecular flexibility index (Phi) is 3.90. The summed E-state index contributed by atoms with van der Waals surface area (Å²) in [5.41, 5.74) is 3.48. The molecule has 23 heavy (non-hydrogen) atoms. The summed E-state index contributed by atoms with van der Waals surface area (Å²) < 4.78 is 0. The number of fused-ring (bicyclic) bond motifs is 1. The number of anilines is 3. The van der Waals surface area contributed by atoms with E-state index in [4.69, 9.17) is 0 Å². The van der Waals surface area contributed by atoms with Gasteiger partial charge in [-0.15, -0.1) is 0 Å². The minimum atomic E-state index is 0.788. The van der Waals surface area contributed by atoms with Gasteiger partial charge in [0.15, 0.2) is 0 Å². The zero-order valence-corrected chi connectivity index (χ0v) is 13.0. The average molecular weight is 308 g/mol. The predicted molar refractivity (Wildman–Crippen MR) is 92.8 cm³/mol. The molecule has 6 nitrogen and oxygen atoms in total. The standard InChI is InChI=1S/C17H20N6/c1-5-18-7-9-23(8-1)17-20-6-4-16(22-17)21-15-3-2-13-11-19-12-14(13)10-15/h2-4,6,10,12,18H,1,5,7-9,11H2,(H,20,21,22). The Hall–Kier alpha value is -2.47. The van der Waals surface area contributed by atoms with Crippen molar-refractivity contribution in [2.45, 2.75) is 13.0 Å². The van der Waals surface area contributed by atoms with Crippen molar-refractivity contribution in [2.24, 2.45) is 4.99 Å². The zero-order valence-electron chi connectivity index (χ0n) is 13.0. The Morgan fingerprint density at radius 3 is 3.13 bits per heavy atom. The number of hydrogen-bond acceptors (Lipinski definition) is 6. The number of aromatic nitrogens is 2. The molecule has 1 fully saturated rings. The Labute approximate surface area is 135 Å². The summed E-state index contributed by atoms with van der Waals surface area (Å²) in [5.74, 6) is 1.61. The highest BCUT2D eigenvalue weighted by Crippen LogP contribution is 2.22. The second-order valence-electron chi connectivity index (χ2n) is 5.84. The summed E-state index contributed by atoms with van der Waals surface area (Å²) in [6.45, 7) is 4.76. The van der Waals surface area contributed by atoms with E-state index in [9.17, 15) is 0 Å². The first kappa shape index (κ1) is 14.1. The van der Waals surface area contributed by atoms with E-state index in [1.54, 1.807) is 0 Å². The van der Waals surface area contributed by atoms with Gasteiger partial charge in [0.25, 0.3) is 0 Å². The van der Waals surface area contributed by atoms with Crippen molar-refractivity contribution in [3.8, 4) is 0 Å². The first-order chi connectivity index (χ1) is 11.4. The molecule has 6 heteroatoms. The van der Waals surface area contributed by atoms with Crippen molar-refractivity contribution in [3.05, 3.63) is 41.6 Å². The Bertz CT molecular complexity index is 719. The molecule has 1 aromatic carbocycles. The monoisotopic (exact) mass is 308 g/mol. The molecule has 2 aromatic rings. The van der Waals surface area contributed by atoms with E-state index < -0.39 is 0 Å². The highest BCUT2D eigenvalue weighted by Gasteiger charge is 2.13. The second kappa shape index (κ2) is 6.34. The zero-order chi connectivity index (χ0) is 15.5. The van der Waals surface area contributed by atoms with Gasteiger partial charge in [0.1, 0.15) is 5.82 Å². The molecule has 0 atom stereocenters. The van der Waals surface area contributed by atoms with E-state index in [-0.39, 0.29) is 0 Å². The molecule has 4 rings (SSSR count). The summed E-state index contributed by atoms with van der Waals surface area (Å²) >= 11 is 0. The molecule has 1 aromatic heterocycles. The topological polar surface area (TPSA) is 65.4 Å². The third kappa shape index (κ3) is 3.17. The van der Waals surface area contributed by atoms with E-state index in [0.29, 0.717) is 0 Å². The van der Waals surface area contributed by atoms with Crippen LogP contribution in [-0.2, 0) is 6.54 Å². The summed E-state index contributed by atoms with van der Waals surface area (Å²) in [5, 5.41) is 6.77. The summed E-state index contributed by atoms with van der Waals surface area (Å²) in [6.07, 6.45) is 4.86. The molecule has 118 valence electrons. The lowest BCUT2D eigenvalue weighted by molar-refractivity contribution is 0.724. The molecule has 2 aliphatic rings. The van der Waals surface area contributed by atoms with E-state index in [2.05, 4.69) is 48.7 Å². The normalized spacial score (nSPS) is 17.0. The van der Waals surface area contributed by atoms with E-state index in [1.165, 1.54) is 11.1 Å². The van der Waals surface area contributed by atoms with Gasteiger partial charge in [-0.3, -0.25) is 4.99 Å². The molecule has 0 unspecified atom stereocenters. The fourth-order valence-electron chi connectivity index (χ4n) is 2.94. The largest absolute Gasteiger partial charge is 0.340 e. The molecule has 1 saturated heterocycles. The fourth-order valence-corrected chi connectivity index (χ4v) is 2.94. The second-order valence-corrected chi connectivity index (χ2v) is 5.84. The van der Waals surface area contributed by atoms with Gasteiger partial charge in [0, 0.05) is 37.7 Å². The fraction of sp³-hybridized carbons (Fsp3) is 0.353. The molecule has 0 saturated carbocycles. The Morgan fingerprint density at radius 1 is 1.13 bits per heavy atom. The van der Waals surface area contributed by atoms with Crippen molar-refractivity contribution in [3.63, 3.8) is 0 Å². The van der Waals surface area contributed by atoms with Crippen LogP contribution in [0, 0.1) is 0 Å². The van der Waals surface area contributed by atoms with E-state index in [1.807, 2.05) is 18.5 Å². The predicted octanol–water partition coefficient (Wildman–Crippen LogP) is 1.95. The van der Waals surface area contributed by atoms with Gasteiger partial charge < -0.3 is 15.5 Å². The van der Waals surface area contributed by atoms with Gasteiger partial charge >= 0.3 is 0 Å². The number of nitrogens with zero attached hydrogens (tertiary/aromatic N) is 4. The average Bonchev–Trinajstić information content (AvgIpc) is 2.87. The quantitative estimate of drug-likeness (QED) is 0.907. The van der Waals surface area contributed by atoms with Crippen LogP contribution in [0.5, 0.6) is 0 Å². The molecule has 0 bridgehead atoms. The molecule has 2 aliphatic heterocycles. The minimum absolute atomic E-state index is 0.788. The molecule has 0 aliphatic carbocycles. The van der Waals surface area contributed by atoms with Gasteiger partial charge in [-0.1, -0.05) is 6.07 Å². The van der Waals surface area contributed by atoms with Crippen molar-refractivity contribution < 1.29 is 0 Å². The number of hydrogen-bond donors (Lipinski definition) is 2. The van der Waals surface area contributed by atoms with Crippen LogP contribution in [0.3, 0.4) is 0 Å². The molecule has 0 amide bonds. The SMILES string of the molecule is C1=NCc2ccc(Nc3ccnc(N4CCCNCC4)n3)cc21. The number of aliphatic imine (C=N–C) groups is 1. The molecule has 0 radical (unpaired) electrons. The van der Waals surface area contributed by atoms with Crippen molar-refractivity contribution in [1.82, 2.24) is 15.3 Å². The lowest BCUT2D eigenvalue weighted by Crippen LogP contribution is -2.29. The summed E-state index contributed by atoms with van der Waals surface area (Å²) in [7, 11) is 0. The van der Waals surface area contributed by atoms with Gasteiger partial charge in [0.2, 0.25) is 5.95 Å². The molecule has 0 spiro atoms. The molecular weight excluding hydrogens is 288 g/mol. The van der Waals surface area contributed by atoms with Gasteiger partial charge in [-0.05, 0) is 42.3 Å². The third-order valence-electron chi connectivity index (χ3n) is 4.18. The maximum Gasteiger partial charge on any atom is 0.227 e. The van der Waals surface area contributed by atoms with Crippen molar-refractivity contribution in [2.75, 3.05) is 36.4 Å². The maximum absolute atomic E-state index is 4.67. The van der Waals surface area contributed by atoms with Crippen LogP contribution in [0.4, 0.5) is 17.5 Å². The van der Waals surface area contributed by atoms with Crippen LogP contribution in [0.25, 0.3) is 0 Å². The third-order valence-corrected chi connectivity index (χ3v) is 4.18. The van der Waals surface area contributed by atoms with Crippen LogP contribution >= 0.6 is 0 Å². The van der Waals surface area contributed by atoms with E-state index in [0.717, 1.165) is 56.6 Å². The first-order valence-electron chi connectivity index (χ1n) is 8.07. The van der Waals surface area contributed by atoms with Gasteiger partial charge in [-0.25, -0.2) is 4.98 Å². The van der Waals surface area contributed by atoms with E-state index >= 15 is 0 Å². The van der Waals surface area contributed by atoms with Crippen molar-refractivity contribution >= 4 is 23.7 Å².